The molecule has 110 valence electrons. The van der Waals surface area contributed by atoms with Gasteiger partial charge in [-0.05, 0) is 22.8 Å². The highest BCUT2D eigenvalue weighted by Gasteiger charge is 2.09. The van der Waals surface area contributed by atoms with Crippen LogP contribution in [-0.2, 0) is 19.7 Å². The van der Waals surface area contributed by atoms with Crippen LogP contribution in [0.1, 0.15) is 16.7 Å². The highest BCUT2D eigenvalue weighted by Crippen LogP contribution is 2.16. The van der Waals surface area contributed by atoms with Crippen LogP contribution in [0.5, 0.6) is 0 Å². The molecule has 0 spiro atoms. The number of halogens is 1. The molecule has 0 atom stereocenters. The summed E-state index contributed by atoms with van der Waals surface area (Å²) in [5, 5.41) is 22.7. The first-order valence-electron chi connectivity index (χ1n) is 6.42. The predicted octanol–water partition coefficient (Wildman–Crippen LogP) is 2.52. The van der Waals surface area contributed by atoms with Gasteiger partial charge in [-0.1, -0.05) is 24.3 Å². The maximum Gasteiger partial charge on any atom is 0.272 e. The summed E-state index contributed by atoms with van der Waals surface area (Å²) in [6, 6.07) is 10.9. The Balaban J connectivity index is 1.95. The molecule has 5 nitrogen and oxygen atoms in total. The van der Waals surface area contributed by atoms with Gasteiger partial charge in [0.15, 0.2) is 0 Å². The lowest BCUT2D eigenvalue weighted by atomic mass is 10.1. The van der Waals surface area contributed by atoms with E-state index < -0.39 is 10.7 Å². The number of aliphatic hydroxyl groups excluding tert-OH is 1. The Labute approximate surface area is 121 Å². The van der Waals surface area contributed by atoms with E-state index in [2.05, 4.69) is 5.32 Å². The summed E-state index contributed by atoms with van der Waals surface area (Å²) >= 11 is 0. The van der Waals surface area contributed by atoms with E-state index in [0.717, 1.165) is 17.2 Å². The zero-order valence-electron chi connectivity index (χ0n) is 11.3. The maximum absolute atomic E-state index is 13.3. The number of nitro benzene ring substituents is 1. The molecule has 2 rings (SSSR count). The van der Waals surface area contributed by atoms with Gasteiger partial charge in [0, 0.05) is 19.2 Å². The van der Waals surface area contributed by atoms with E-state index in [-0.39, 0.29) is 12.3 Å². The van der Waals surface area contributed by atoms with Gasteiger partial charge in [-0.15, -0.1) is 0 Å². The minimum absolute atomic E-state index is 0.000663. The van der Waals surface area contributed by atoms with Crippen molar-refractivity contribution in [3.63, 3.8) is 0 Å². The molecule has 0 aliphatic heterocycles. The van der Waals surface area contributed by atoms with Crippen LogP contribution in [0.4, 0.5) is 10.1 Å². The number of hydrogen-bond acceptors (Lipinski definition) is 4. The summed E-state index contributed by atoms with van der Waals surface area (Å²) < 4.78 is 13.3. The highest BCUT2D eigenvalue weighted by molar-refractivity contribution is 5.35. The van der Waals surface area contributed by atoms with Crippen LogP contribution in [0.15, 0.2) is 42.5 Å². The molecule has 0 aromatic heterocycles. The minimum atomic E-state index is -0.617. The van der Waals surface area contributed by atoms with E-state index >= 15 is 0 Å². The van der Waals surface area contributed by atoms with Gasteiger partial charge in [-0.25, -0.2) is 4.39 Å². The van der Waals surface area contributed by atoms with Crippen molar-refractivity contribution in [1.82, 2.24) is 5.32 Å². The quantitative estimate of drug-likeness (QED) is 0.633. The smallest absolute Gasteiger partial charge is 0.272 e. The normalized spacial score (nSPS) is 10.6. The summed E-state index contributed by atoms with van der Waals surface area (Å²) in [6.07, 6.45) is 0. The highest BCUT2D eigenvalue weighted by atomic mass is 19.1. The summed E-state index contributed by atoms with van der Waals surface area (Å²) in [7, 11) is 0. The molecule has 2 N–H and O–H groups in total. The van der Waals surface area contributed by atoms with Gasteiger partial charge in [0.25, 0.3) is 5.69 Å². The van der Waals surface area contributed by atoms with Crippen LogP contribution in [0.3, 0.4) is 0 Å². The first kappa shape index (κ1) is 15.1. The van der Waals surface area contributed by atoms with E-state index in [0.29, 0.717) is 18.7 Å². The maximum atomic E-state index is 13.3. The van der Waals surface area contributed by atoms with E-state index in [1.807, 2.05) is 24.3 Å². The van der Waals surface area contributed by atoms with Crippen LogP contribution in [0.2, 0.25) is 0 Å². The zero-order chi connectivity index (χ0) is 15.2. The molecule has 0 saturated carbocycles. The molecule has 21 heavy (non-hydrogen) atoms. The van der Waals surface area contributed by atoms with Crippen molar-refractivity contribution >= 4 is 5.69 Å². The third-order valence-corrected chi connectivity index (χ3v) is 3.02. The van der Waals surface area contributed by atoms with Crippen LogP contribution >= 0.6 is 0 Å². The standard InChI is InChI=1S/C15H15FN2O3/c16-14-5-13(6-15(7-14)18(20)21)9-17-8-11-1-3-12(10-19)4-2-11/h1-7,17,19H,8-10H2. The number of benzene rings is 2. The lowest BCUT2D eigenvalue weighted by molar-refractivity contribution is -0.385. The fourth-order valence-corrected chi connectivity index (χ4v) is 1.95. The van der Waals surface area contributed by atoms with Crippen molar-refractivity contribution in [3.8, 4) is 0 Å². The van der Waals surface area contributed by atoms with Gasteiger partial charge in [0.2, 0.25) is 0 Å². The number of nitrogens with one attached hydrogen (secondary N) is 1. The second-order valence-corrected chi connectivity index (χ2v) is 4.65. The molecule has 2 aromatic carbocycles. The Morgan fingerprint density at radius 1 is 1.05 bits per heavy atom. The topological polar surface area (TPSA) is 75.4 Å². The Hall–Kier alpha value is -2.31. The van der Waals surface area contributed by atoms with E-state index in [1.54, 1.807) is 0 Å². The Bertz CT molecular complexity index is 629. The molecular formula is C15H15FN2O3. The summed E-state index contributed by atoms with van der Waals surface area (Å²) in [5.74, 6) is -0.617. The second kappa shape index (κ2) is 6.92. The molecule has 0 bridgehead atoms. The minimum Gasteiger partial charge on any atom is -0.392 e. The van der Waals surface area contributed by atoms with E-state index in [1.165, 1.54) is 12.1 Å². The number of aliphatic hydroxyl groups is 1. The lowest BCUT2D eigenvalue weighted by Gasteiger charge is -2.06. The van der Waals surface area contributed by atoms with Crippen molar-refractivity contribution in [2.45, 2.75) is 19.7 Å². The van der Waals surface area contributed by atoms with Crippen LogP contribution in [0, 0.1) is 15.9 Å². The van der Waals surface area contributed by atoms with E-state index in [4.69, 9.17) is 5.11 Å². The first-order chi connectivity index (χ1) is 10.1. The fraction of sp³-hybridized carbons (Fsp3) is 0.200. The Morgan fingerprint density at radius 2 is 1.67 bits per heavy atom. The van der Waals surface area contributed by atoms with Crippen molar-refractivity contribution in [3.05, 3.63) is 75.1 Å². The van der Waals surface area contributed by atoms with Crippen molar-refractivity contribution in [2.24, 2.45) is 0 Å². The van der Waals surface area contributed by atoms with Gasteiger partial charge in [-0.2, -0.15) is 0 Å². The van der Waals surface area contributed by atoms with E-state index in [9.17, 15) is 14.5 Å². The largest absolute Gasteiger partial charge is 0.392 e. The molecule has 0 radical (unpaired) electrons. The number of nitro groups is 1. The molecule has 0 aliphatic carbocycles. The van der Waals surface area contributed by atoms with Crippen LogP contribution in [-0.4, -0.2) is 10.0 Å². The number of non-ortho nitro benzene ring substituents is 1. The number of hydrogen-bond donors (Lipinski definition) is 2. The summed E-state index contributed by atoms with van der Waals surface area (Å²) in [5.41, 5.74) is 2.12. The van der Waals surface area contributed by atoms with Crippen molar-refractivity contribution < 1.29 is 14.4 Å². The molecule has 0 saturated heterocycles. The predicted molar refractivity (Wildman–Crippen MR) is 76.0 cm³/mol. The molecule has 0 unspecified atom stereocenters. The Morgan fingerprint density at radius 3 is 2.29 bits per heavy atom. The Kier molecular flexibility index (Phi) is 4.97. The van der Waals surface area contributed by atoms with Crippen LogP contribution < -0.4 is 5.32 Å². The van der Waals surface area contributed by atoms with Crippen LogP contribution in [0.25, 0.3) is 0 Å². The first-order valence-corrected chi connectivity index (χ1v) is 6.42. The third kappa shape index (κ3) is 4.34. The average molecular weight is 290 g/mol. The van der Waals surface area contributed by atoms with Gasteiger partial charge < -0.3 is 10.4 Å². The van der Waals surface area contributed by atoms with Gasteiger partial charge in [0.1, 0.15) is 5.82 Å². The average Bonchev–Trinajstić information content (AvgIpc) is 2.47. The van der Waals surface area contributed by atoms with Gasteiger partial charge in [-0.3, -0.25) is 10.1 Å². The second-order valence-electron chi connectivity index (χ2n) is 4.65. The van der Waals surface area contributed by atoms with Crippen molar-refractivity contribution in [2.75, 3.05) is 0 Å². The van der Waals surface area contributed by atoms with Gasteiger partial charge in [0.05, 0.1) is 17.6 Å². The van der Waals surface area contributed by atoms with Crippen molar-refractivity contribution in [1.29, 1.82) is 0 Å². The van der Waals surface area contributed by atoms with Gasteiger partial charge >= 0.3 is 0 Å². The summed E-state index contributed by atoms with van der Waals surface area (Å²) in [4.78, 5) is 10.0. The molecule has 0 aliphatic rings. The molecule has 0 heterocycles. The lowest BCUT2D eigenvalue weighted by Crippen LogP contribution is -2.13. The SMILES string of the molecule is O=[N+]([O-])c1cc(F)cc(CNCc2ccc(CO)cc2)c1. The molecule has 2 aromatic rings. The number of rotatable bonds is 6. The zero-order valence-corrected chi connectivity index (χ0v) is 11.3. The third-order valence-electron chi connectivity index (χ3n) is 3.02. The molecular weight excluding hydrogens is 275 g/mol. The molecule has 0 amide bonds. The summed E-state index contributed by atoms with van der Waals surface area (Å²) in [6.45, 7) is 0.886. The fourth-order valence-electron chi connectivity index (χ4n) is 1.95. The molecule has 6 heteroatoms. The molecule has 0 fully saturated rings. The number of nitrogens with zero attached hydrogens (tertiary/aromatic N) is 1. The monoisotopic (exact) mass is 290 g/mol.